The van der Waals surface area contributed by atoms with Crippen LogP contribution in [0.2, 0.25) is 0 Å². The summed E-state index contributed by atoms with van der Waals surface area (Å²) < 4.78 is 26.9. The maximum absolute atomic E-state index is 12.5. The molecule has 0 unspecified atom stereocenters. The highest BCUT2D eigenvalue weighted by molar-refractivity contribution is 7.91. The molecular weight excluding hydrogens is 268 g/mol. The number of rotatable bonds is 5. The van der Waals surface area contributed by atoms with Crippen LogP contribution in [0.25, 0.3) is 0 Å². The van der Waals surface area contributed by atoms with E-state index in [0.717, 1.165) is 31.2 Å². The fourth-order valence-electron chi connectivity index (χ4n) is 2.39. The van der Waals surface area contributed by atoms with Gasteiger partial charge in [-0.15, -0.1) is 11.3 Å². The Labute approximate surface area is 113 Å². The number of nitrogens with zero attached hydrogens (tertiary/aromatic N) is 1. The van der Waals surface area contributed by atoms with Crippen LogP contribution < -0.4 is 5.32 Å². The molecule has 1 fully saturated rings. The molecule has 0 aromatic carbocycles. The quantitative estimate of drug-likeness (QED) is 0.902. The lowest BCUT2D eigenvalue weighted by atomic mass is 10.3. The van der Waals surface area contributed by atoms with Crippen LogP contribution in [0.3, 0.4) is 0 Å². The number of hydrogen-bond acceptors (Lipinski definition) is 4. The van der Waals surface area contributed by atoms with Crippen molar-refractivity contribution < 1.29 is 8.42 Å². The molecule has 0 atom stereocenters. The third-order valence-corrected chi connectivity index (χ3v) is 6.86. The summed E-state index contributed by atoms with van der Waals surface area (Å²) in [6.07, 6.45) is 4.26. The predicted molar refractivity (Wildman–Crippen MR) is 74.3 cm³/mol. The smallest absolute Gasteiger partial charge is 0.252 e. The van der Waals surface area contributed by atoms with E-state index in [-0.39, 0.29) is 6.04 Å². The van der Waals surface area contributed by atoms with Crippen LogP contribution in [0, 0.1) is 0 Å². The van der Waals surface area contributed by atoms with Gasteiger partial charge in [-0.3, -0.25) is 0 Å². The zero-order chi connectivity index (χ0) is 13.2. The standard InChI is InChI=1S/C12H20N2O2S2/c1-13-8-10-7-12(17-9-10)18(15,16)14(2)11-5-3-4-6-11/h7,9,11,13H,3-6,8H2,1-2H3. The Morgan fingerprint density at radius 3 is 2.72 bits per heavy atom. The molecule has 1 saturated carbocycles. The van der Waals surface area contributed by atoms with Crippen molar-refractivity contribution in [2.45, 2.75) is 42.5 Å². The molecule has 6 heteroatoms. The number of thiophene rings is 1. The van der Waals surface area contributed by atoms with E-state index < -0.39 is 10.0 Å². The van der Waals surface area contributed by atoms with Crippen molar-refractivity contribution in [2.24, 2.45) is 0 Å². The third-order valence-electron chi connectivity index (χ3n) is 3.48. The first-order valence-electron chi connectivity index (χ1n) is 6.25. The second-order valence-corrected chi connectivity index (χ2v) is 7.90. The van der Waals surface area contributed by atoms with Crippen LogP contribution >= 0.6 is 11.3 Å². The van der Waals surface area contributed by atoms with Gasteiger partial charge >= 0.3 is 0 Å². The van der Waals surface area contributed by atoms with E-state index in [2.05, 4.69) is 5.32 Å². The van der Waals surface area contributed by atoms with E-state index in [1.807, 2.05) is 12.4 Å². The molecule has 0 amide bonds. The first-order chi connectivity index (χ1) is 8.55. The zero-order valence-corrected chi connectivity index (χ0v) is 12.5. The Morgan fingerprint density at radius 1 is 1.44 bits per heavy atom. The van der Waals surface area contributed by atoms with Crippen molar-refractivity contribution in [1.82, 2.24) is 9.62 Å². The lowest BCUT2D eigenvalue weighted by Crippen LogP contribution is -2.34. The SMILES string of the molecule is CNCc1csc(S(=O)(=O)N(C)C2CCCC2)c1. The molecule has 4 nitrogen and oxygen atoms in total. The lowest BCUT2D eigenvalue weighted by Gasteiger charge is -2.22. The van der Waals surface area contributed by atoms with Crippen molar-refractivity contribution in [1.29, 1.82) is 0 Å². The predicted octanol–water partition coefficient (Wildman–Crippen LogP) is 2.03. The second kappa shape index (κ2) is 5.69. The van der Waals surface area contributed by atoms with Gasteiger partial charge in [0, 0.05) is 19.6 Å². The first kappa shape index (κ1) is 14.0. The summed E-state index contributed by atoms with van der Waals surface area (Å²) in [5.74, 6) is 0. The molecule has 0 saturated heterocycles. The average Bonchev–Trinajstić information content (AvgIpc) is 2.99. The summed E-state index contributed by atoms with van der Waals surface area (Å²) in [4.78, 5) is 0. The third kappa shape index (κ3) is 2.77. The summed E-state index contributed by atoms with van der Waals surface area (Å²) in [6, 6.07) is 1.96. The Morgan fingerprint density at radius 2 is 2.11 bits per heavy atom. The molecule has 1 aliphatic rings. The van der Waals surface area contributed by atoms with E-state index >= 15 is 0 Å². The summed E-state index contributed by atoms with van der Waals surface area (Å²) >= 11 is 1.31. The Balaban J connectivity index is 2.18. The molecule has 0 aliphatic heterocycles. The highest BCUT2D eigenvalue weighted by Gasteiger charge is 2.30. The molecule has 1 aromatic rings. The summed E-state index contributed by atoms with van der Waals surface area (Å²) in [7, 11) is 0.273. The topological polar surface area (TPSA) is 49.4 Å². The number of nitrogens with one attached hydrogen (secondary N) is 1. The number of sulfonamides is 1. The second-order valence-electron chi connectivity index (χ2n) is 4.76. The summed E-state index contributed by atoms with van der Waals surface area (Å²) in [6.45, 7) is 0.708. The molecule has 102 valence electrons. The van der Waals surface area contributed by atoms with Gasteiger partial charge in [-0.05, 0) is 36.9 Å². The molecule has 2 rings (SSSR count). The van der Waals surface area contributed by atoms with Crippen LogP contribution in [0.4, 0.5) is 0 Å². The molecule has 0 spiro atoms. The minimum atomic E-state index is -3.30. The van der Waals surface area contributed by atoms with Crippen molar-refractivity contribution in [3.05, 3.63) is 17.0 Å². The van der Waals surface area contributed by atoms with Crippen molar-refractivity contribution in [3.63, 3.8) is 0 Å². The van der Waals surface area contributed by atoms with Gasteiger partial charge in [-0.1, -0.05) is 12.8 Å². The van der Waals surface area contributed by atoms with Gasteiger partial charge in [-0.25, -0.2) is 8.42 Å². The molecule has 0 bridgehead atoms. The molecule has 0 radical (unpaired) electrons. The van der Waals surface area contributed by atoms with Gasteiger partial charge < -0.3 is 5.32 Å². The van der Waals surface area contributed by atoms with Gasteiger partial charge in [0.2, 0.25) is 0 Å². The van der Waals surface area contributed by atoms with Crippen LogP contribution in [0.15, 0.2) is 15.7 Å². The van der Waals surface area contributed by atoms with Crippen molar-refractivity contribution in [3.8, 4) is 0 Å². The maximum Gasteiger partial charge on any atom is 0.252 e. The number of hydrogen-bond donors (Lipinski definition) is 1. The fraction of sp³-hybridized carbons (Fsp3) is 0.667. The van der Waals surface area contributed by atoms with Crippen LogP contribution in [0.1, 0.15) is 31.2 Å². The van der Waals surface area contributed by atoms with Crippen molar-refractivity contribution >= 4 is 21.4 Å². The van der Waals surface area contributed by atoms with Crippen LogP contribution in [-0.4, -0.2) is 32.9 Å². The Bertz CT molecular complexity index is 490. The van der Waals surface area contributed by atoms with Gasteiger partial charge in [0.05, 0.1) is 0 Å². The first-order valence-corrected chi connectivity index (χ1v) is 8.57. The van der Waals surface area contributed by atoms with E-state index in [1.165, 1.54) is 11.3 Å². The van der Waals surface area contributed by atoms with E-state index in [4.69, 9.17) is 0 Å². The highest BCUT2D eigenvalue weighted by Crippen LogP contribution is 2.29. The molecule has 1 aromatic heterocycles. The largest absolute Gasteiger partial charge is 0.316 e. The highest BCUT2D eigenvalue weighted by atomic mass is 32.2. The molecule has 18 heavy (non-hydrogen) atoms. The Hall–Kier alpha value is -0.430. The van der Waals surface area contributed by atoms with E-state index in [1.54, 1.807) is 17.4 Å². The van der Waals surface area contributed by atoms with Gasteiger partial charge in [0.15, 0.2) is 0 Å². The van der Waals surface area contributed by atoms with Crippen LogP contribution in [-0.2, 0) is 16.6 Å². The van der Waals surface area contributed by atoms with Gasteiger partial charge in [-0.2, -0.15) is 4.31 Å². The fourth-order valence-corrected chi connectivity index (χ4v) is 5.20. The van der Waals surface area contributed by atoms with Gasteiger partial charge in [0.25, 0.3) is 10.0 Å². The minimum absolute atomic E-state index is 0.185. The zero-order valence-electron chi connectivity index (χ0n) is 10.8. The monoisotopic (exact) mass is 288 g/mol. The normalized spacial score (nSPS) is 17.7. The summed E-state index contributed by atoms with van der Waals surface area (Å²) in [5.41, 5.74) is 1.03. The lowest BCUT2D eigenvalue weighted by molar-refractivity contribution is 0.374. The Kier molecular flexibility index (Phi) is 4.42. The van der Waals surface area contributed by atoms with Gasteiger partial charge in [0.1, 0.15) is 4.21 Å². The molecule has 1 aliphatic carbocycles. The molecular formula is C12H20N2O2S2. The van der Waals surface area contributed by atoms with Crippen LogP contribution in [0.5, 0.6) is 0 Å². The molecule has 1 heterocycles. The van der Waals surface area contributed by atoms with E-state index in [0.29, 0.717) is 10.8 Å². The maximum atomic E-state index is 12.5. The summed E-state index contributed by atoms with van der Waals surface area (Å²) in [5, 5.41) is 4.94. The molecule has 1 N–H and O–H groups in total. The average molecular weight is 288 g/mol. The van der Waals surface area contributed by atoms with E-state index in [9.17, 15) is 8.42 Å². The minimum Gasteiger partial charge on any atom is -0.316 e. The van der Waals surface area contributed by atoms with Crippen molar-refractivity contribution in [2.75, 3.05) is 14.1 Å².